The number of nitrogens with one attached hydrogen (secondary N) is 1. The van der Waals surface area contributed by atoms with Gasteiger partial charge in [-0.3, -0.25) is 14.3 Å². The highest BCUT2D eigenvalue weighted by Crippen LogP contribution is 2.21. The van der Waals surface area contributed by atoms with E-state index in [4.69, 9.17) is 0 Å². The van der Waals surface area contributed by atoms with Crippen molar-refractivity contribution in [2.24, 2.45) is 0 Å². The van der Waals surface area contributed by atoms with E-state index < -0.39 is 16.7 Å². The molecule has 1 heterocycles. The maximum Gasteiger partial charge on any atom is 0.261 e. The molecule has 1 aromatic heterocycles. The van der Waals surface area contributed by atoms with Gasteiger partial charge in [0.05, 0.1) is 16.4 Å². The number of phenolic OH excluding ortho intramolecular Hbond substituents is 1. The summed E-state index contributed by atoms with van der Waals surface area (Å²) in [6.45, 7) is 1.80. The van der Waals surface area contributed by atoms with E-state index in [1.165, 1.54) is 23.5 Å². The number of hydrogen-bond acceptors (Lipinski definition) is 5. The summed E-state index contributed by atoms with van der Waals surface area (Å²) in [6.07, 6.45) is 0. The Morgan fingerprint density at radius 1 is 1.47 bits per heavy atom. The standard InChI is InChI=1S/C12H12N2O3S2/c1-2-19(17)10-7-18-12(13-10)14-11(16)8-5-3-4-6-9(8)15/h3-7,15H,2H2,1H3,(H,13,14,16). The Hall–Kier alpha value is -1.73. The second kappa shape index (κ2) is 5.94. The highest BCUT2D eigenvalue weighted by Gasteiger charge is 2.13. The molecule has 0 bridgehead atoms. The molecule has 2 rings (SSSR count). The van der Waals surface area contributed by atoms with E-state index in [1.54, 1.807) is 24.4 Å². The first kappa shape index (κ1) is 13.7. The maximum absolute atomic E-state index is 11.9. The van der Waals surface area contributed by atoms with Crippen molar-refractivity contribution in [1.82, 2.24) is 4.98 Å². The van der Waals surface area contributed by atoms with E-state index in [0.717, 1.165) is 0 Å². The Morgan fingerprint density at radius 2 is 2.21 bits per heavy atom. The van der Waals surface area contributed by atoms with Gasteiger partial charge in [0.1, 0.15) is 10.8 Å². The molecular formula is C12H12N2O3S2. The molecular weight excluding hydrogens is 284 g/mol. The number of nitrogens with zero attached hydrogens (tertiary/aromatic N) is 1. The second-order valence-corrected chi connectivity index (χ2v) is 6.14. The van der Waals surface area contributed by atoms with Crippen molar-refractivity contribution in [3.8, 4) is 5.75 Å². The third kappa shape index (κ3) is 3.18. The van der Waals surface area contributed by atoms with E-state index in [-0.39, 0.29) is 11.3 Å². The van der Waals surface area contributed by atoms with Gasteiger partial charge in [-0.1, -0.05) is 19.1 Å². The molecule has 0 fully saturated rings. The maximum atomic E-state index is 11.9. The van der Waals surface area contributed by atoms with Gasteiger partial charge in [0, 0.05) is 11.1 Å². The molecule has 0 radical (unpaired) electrons. The van der Waals surface area contributed by atoms with Crippen molar-refractivity contribution in [2.45, 2.75) is 11.9 Å². The van der Waals surface area contributed by atoms with Gasteiger partial charge in [-0.25, -0.2) is 4.98 Å². The topological polar surface area (TPSA) is 79.3 Å². The zero-order valence-electron chi connectivity index (χ0n) is 10.1. The van der Waals surface area contributed by atoms with Crippen molar-refractivity contribution in [2.75, 3.05) is 11.1 Å². The number of aromatic hydroxyl groups is 1. The largest absolute Gasteiger partial charge is 0.507 e. The molecule has 0 aliphatic carbocycles. The number of para-hydroxylation sites is 1. The molecule has 5 nitrogen and oxygen atoms in total. The van der Waals surface area contributed by atoms with Gasteiger partial charge in [-0.2, -0.15) is 0 Å². The van der Waals surface area contributed by atoms with Crippen LogP contribution in [-0.2, 0) is 10.8 Å². The van der Waals surface area contributed by atoms with Crippen LogP contribution in [0.4, 0.5) is 5.13 Å². The number of carbonyl (C=O) groups excluding carboxylic acids is 1. The first-order valence-electron chi connectivity index (χ1n) is 5.55. The Labute approximate surface area is 116 Å². The molecule has 0 saturated carbocycles. The zero-order chi connectivity index (χ0) is 13.8. The molecule has 7 heteroatoms. The molecule has 0 saturated heterocycles. The normalized spacial score (nSPS) is 12.1. The third-order valence-corrected chi connectivity index (χ3v) is 4.45. The van der Waals surface area contributed by atoms with Crippen LogP contribution in [0.1, 0.15) is 17.3 Å². The molecule has 1 unspecified atom stereocenters. The number of thiazole rings is 1. The Morgan fingerprint density at radius 3 is 2.89 bits per heavy atom. The van der Waals surface area contributed by atoms with Crippen LogP contribution >= 0.6 is 11.3 Å². The van der Waals surface area contributed by atoms with E-state index in [9.17, 15) is 14.1 Å². The van der Waals surface area contributed by atoms with Crippen LogP contribution in [0.25, 0.3) is 0 Å². The molecule has 1 aromatic carbocycles. The Balaban J connectivity index is 2.14. The van der Waals surface area contributed by atoms with Crippen molar-refractivity contribution < 1.29 is 14.1 Å². The number of aromatic nitrogens is 1. The number of hydrogen-bond donors (Lipinski definition) is 2. The van der Waals surface area contributed by atoms with Crippen LogP contribution in [0.5, 0.6) is 5.75 Å². The molecule has 0 aliphatic rings. The van der Waals surface area contributed by atoms with Crippen molar-refractivity contribution in [1.29, 1.82) is 0 Å². The van der Waals surface area contributed by atoms with Crippen LogP contribution in [0.15, 0.2) is 34.7 Å². The third-order valence-electron chi connectivity index (χ3n) is 2.35. The molecule has 100 valence electrons. The lowest BCUT2D eigenvalue weighted by Gasteiger charge is -2.03. The summed E-state index contributed by atoms with van der Waals surface area (Å²) >= 11 is 1.20. The number of carbonyl (C=O) groups is 1. The lowest BCUT2D eigenvalue weighted by atomic mass is 10.2. The van der Waals surface area contributed by atoms with Crippen LogP contribution in [-0.4, -0.2) is 26.0 Å². The average molecular weight is 296 g/mol. The minimum absolute atomic E-state index is 0.0890. The fourth-order valence-electron chi connectivity index (χ4n) is 1.40. The van der Waals surface area contributed by atoms with Crippen molar-refractivity contribution >= 4 is 33.2 Å². The lowest BCUT2D eigenvalue weighted by molar-refractivity contribution is 0.102. The Bertz CT molecular complexity index is 625. The van der Waals surface area contributed by atoms with Crippen molar-refractivity contribution in [3.05, 3.63) is 35.2 Å². The lowest BCUT2D eigenvalue weighted by Crippen LogP contribution is -2.11. The summed E-state index contributed by atoms with van der Waals surface area (Å²) in [5.74, 6) is -0.0495. The highest BCUT2D eigenvalue weighted by molar-refractivity contribution is 7.85. The molecule has 19 heavy (non-hydrogen) atoms. The van der Waals surface area contributed by atoms with Gasteiger partial charge in [0.15, 0.2) is 5.13 Å². The van der Waals surface area contributed by atoms with Crippen molar-refractivity contribution in [3.63, 3.8) is 0 Å². The van der Waals surface area contributed by atoms with Crippen LogP contribution in [0.3, 0.4) is 0 Å². The first-order valence-corrected chi connectivity index (χ1v) is 7.75. The fourth-order valence-corrected chi connectivity index (χ4v) is 3.09. The predicted molar refractivity (Wildman–Crippen MR) is 75.1 cm³/mol. The SMILES string of the molecule is CCS(=O)c1csc(NC(=O)c2ccccc2O)n1. The summed E-state index contributed by atoms with van der Waals surface area (Å²) in [4.78, 5) is 16.0. The summed E-state index contributed by atoms with van der Waals surface area (Å²) in [5, 5.41) is 14.6. The quantitative estimate of drug-likeness (QED) is 0.906. The highest BCUT2D eigenvalue weighted by atomic mass is 32.2. The monoisotopic (exact) mass is 296 g/mol. The van der Waals surface area contributed by atoms with E-state index in [2.05, 4.69) is 10.3 Å². The van der Waals surface area contributed by atoms with Gasteiger partial charge in [-0.15, -0.1) is 11.3 Å². The molecule has 0 spiro atoms. The number of amides is 1. The van der Waals surface area contributed by atoms with Gasteiger partial charge < -0.3 is 5.11 Å². The van der Waals surface area contributed by atoms with Gasteiger partial charge in [0.2, 0.25) is 0 Å². The molecule has 1 amide bonds. The number of rotatable bonds is 4. The van der Waals surface area contributed by atoms with E-state index in [1.807, 2.05) is 0 Å². The smallest absolute Gasteiger partial charge is 0.261 e. The van der Waals surface area contributed by atoms with E-state index in [0.29, 0.717) is 15.9 Å². The number of phenols is 1. The van der Waals surface area contributed by atoms with Gasteiger partial charge in [0.25, 0.3) is 5.91 Å². The summed E-state index contributed by atoms with van der Waals surface area (Å²) in [7, 11) is -1.13. The fraction of sp³-hybridized carbons (Fsp3) is 0.167. The van der Waals surface area contributed by atoms with Crippen LogP contribution < -0.4 is 5.32 Å². The molecule has 0 aliphatic heterocycles. The summed E-state index contributed by atoms with van der Waals surface area (Å²) in [6, 6.07) is 6.25. The molecule has 2 N–H and O–H groups in total. The first-order chi connectivity index (χ1) is 9.11. The summed E-state index contributed by atoms with van der Waals surface area (Å²) in [5.41, 5.74) is 0.177. The molecule has 2 aromatic rings. The Kier molecular flexibility index (Phi) is 4.28. The molecule has 1 atom stereocenters. The minimum Gasteiger partial charge on any atom is -0.507 e. The number of anilines is 1. The average Bonchev–Trinajstić information content (AvgIpc) is 2.86. The minimum atomic E-state index is -1.13. The van der Waals surface area contributed by atoms with Crippen LogP contribution in [0, 0.1) is 0 Å². The zero-order valence-corrected chi connectivity index (χ0v) is 11.8. The van der Waals surface area contributed by atoms with Gasteiger partial charge in [-0.05, 0) is 12.1 Å². The summed E-state index contributed by atoms with van der Waals surface area (Å²) < 4.78 is 11.5. The second-order valence-electron chi connectivity index (χ2n) is 3.60. The number of benzene rings is 1. The predicted octanol–water partition coefficient (Wildman–Crippen LogP) is 2.23. The van der Waals surface area contributed by atoms with Crippen LogP contribution in [0.2, 0.25) is 0 Å². The van der Waals surface area contributed by atoms with Gasteiger partial charge >= 0.3 is 0 Å². The van der Waals surface area contributed by atoms with E-state index >= 15 is 0 Å².